The molecular weight excluding hydrogens is 246 g/mol. The van der Waals surface area contributed by atoms with Crippen LogP contribution < -0.4 is 4.72 Å². The summed E-state index contributed by atoms with van der Waals surface area (Å²) in [6.07, 6.45) is 0.0442. The van der Waals surface area contributed by atoms with Crippen molar-refractivity contribution in [1.82, 2.24) is 4.72 Å². The summed E-state index contributed by atoms with van der Waals surface area (Å²) >= 11 is 0. The number of hydrogen-bond donors (Lipinski definition) is 1. The van der Waals surface area contributed by atoms with Crippen molar-refractivity contribution in [3.8, 4) is 0 Å². The van der Waals surface area contributed by atoms with Gasteiger partial charge in [-0.2, -0.15) is 0 Å². The lowest BCUT2D eigenvalue weighted by atomic mass is 10.4. The van der Waals surface area contributed by atoms with Crippen molar-refractivity contribution in [1.29, 1.82) is 0 Å². The van der Waals surface area contributed by atoms with E-state index in [1.165, 1.54) is 0 Å². The van der Waals surface area contributed by atoms with E-state index >= 15 is 0 Å². The van der Waals surface area contributed by atoms with Gasteiger partial charge in [-0.25, -0.2) is 13.1 Å². The van der Waals surface area contributed by atoms with Gasteiger partial charge in [0.15, 0.2) is 0 Å². The average molecular weight is 267 g/mol. The summed E-state index contributed by atoms with van der Waals surface area (Å²) < 4.78 is 34.9. The van der Waals surface area contributed by atoms with E-state index in [1.807, 2.05) is 13.8 Å². The van der Waals surface area contributed by atoms with Gasteiger partial charge in [-0.15, -0.1) is 0 Å². The van der Waals surface area contributed by atoms with Gasteiger partial charge in [0, 0.05) is 6.54 Å². The van der Waals surface area contributed by atoms with E-state index in [0.717, 1.165) is 0 Å². The first kappa shape index (κ1) is 16.3. The lowest BCUT2D eigenvalue weighted by molar-refractivity contribution is -0.142. The molecule has 0 rings (SSSR count). The Bertz CT molecular complexity index is 313. The van der Waals surface area contributed by atoms with E-state index in [4.69, 9.17) is 4.74 Å². The number of carbonyl (C=O) groups is 1. The van der Waals surface area contributed by atoms with Gasteiger partial charge in [0.2, 0.25) is 10.0 Å². The largest absolute Gasteiger partial charge is 0.466 e. The molecule has 0 radical (unpaired) electrons. The van der Waals surface area contributed by atoms with Gasteiger partial charge in [0.05, 0.1) is 31.5 Å². The van der Waals surface area contributed by atoms with E-state index in [-0.39, 0.29) is 31.4 Å². The number of hydrogen-bond acceptors (Lipinski definition) is 5. The van der Waals surface area contributed by atoms with Crippen molar-refractivity contribution >= 4 is 16.0 Å². The van der Waals surface area contributed by atoms with E-state index < -0.39 is 16.0 Å². The van der Waals surface area contributed by atoms with Gasteiger partial charge in [0.25, 0.3) is 0 Å². The molecular formula is C10H21NO5S. The third-order valence-corrected chi connectivity index (χ3v) is 3.11. The topological polar surface area (TPSA) is 81.7 Å². The molecule has 0 atom stereocenters. The molecule has 0 heterocycles. The summed E-state index contributed by atoms with van der Waals surface area (Å²) in [5.41, 5.74) is 0. The van der Waals surface area contributed by atoms with Crippen molar-refractivity contribution in [2.75, 3.05) is 25.5 Å². The molecule has 0 aromatic heterocycles. The molecule has 0 aliphatic carbocycles. The zero-order chi connectivity index (χ0) is 13.3. The highest BCUT2D eigenvalue weighted by Gasteiger charge is 2.11. The van der Waals surface area contributed by atoms with Crippen LogP contribution in [0.4, 0.5) is 0 Å². The maximum atomic E-state index is 11.4. The smallest absolute Gasteiger partial charge is 0.307 e. The lowest BCUT2D eigenvalue weighted by Gasteiger charge is -2.09. The minimum atomic E-state index is -3.37. The van der Waals surface area contributed by atoms with Crippen LogP contribution in [-0.2, 0) is 24.3 Å². The first-order chi connectivity index (χ1) is 7.87. The van der Waals surface area contributed by atoms with E-state index in [0.29, 0.717) is 6.61 Å². The monoisotopic (exact) mass is 267 g/mol. The normalized spacial score (nSPS) is 11.8. The molecule has 0 saturated carbocycles. The Hall–Kier alpha value is -0.660. The van der Waals surface area contributed by atoms with Crippen LogP contribution in [0.5, 0.6) is 0 Å². The molecule has 0 aliphatic heterocycles. The molecule has 0 spiro atoms. The van der Waals surface area contributed by atoms with Crippen LogP contribution in [0, 0.1) is 0 Å². The Kier molecular flexibility index (Phi) is 8.11. The van der Waals surface area contributed by atoms with Crippen molar-refractivity contribution in [3.05, 3.63) is 0 Å². The zero-order valence-corrected chi connectivity index (χ0v) is 11.4. The van der Waals surface area contributed by atoms with Gasteiger partial charge < -0.3 is 9.47 Å². The Morgan fingerprint density at radius 2 is 2.00 bits per heavy atom. The molecule has 0 saturated heterocycles. The van der Waals surface area contributed by atoms with Crippen molar-refractivity contribution < 1.29 is 22.7 Å². The number of nitrogens with one attached hydrogen (secondary N) is 1. The number of sulfonamides is 1. The molecule has 0 aromatic carbocycles. The Balaban J connectivity index is 3.75. The van der Waals surface area contributed by atoms with Gasteiger partial charge in [-0.1, -0.05) is 0 Å². The second-order valence-corrected chi connectivity index (χ2v) is 5.61. The average Bonchev–Trinajstić information content (AvgIpc) is 2.16. The van der Waals surface area contributed by atoms with E-state index in [2.05, 4.69) is 9.46 Å². The molecule has 0 aliphatic rings. The van der Waals surface area contributed by atoms with Gasteiger partial charge in [0.1, 0.15) is 0 Å². The minimum absolute atomic E-state index is 0.00438. The summed E-state index contributed by atoms with van der Waals surface area (Å²) in [7, 11) is -3.37. The first-order valence-corrected chi connectivity index (χ1v) is 7.27. The van der Waals surface area contributed by atoms with Crippen LogP contribution >= 0.6 is 0 Å². The predicted octanol–water partition coefficient (Wildman–Crippen LogP) is 0.284. The third-order valence-electron chi connectivity index (χ3n) is 1.76. The molecule has 1 N–H and O–H groups in total. The molecule has 0 fully saturated rings. The minimum Gasteiger partial charge on any atom is -0.466 e. The highest BCUT2D eigenvalue weighted by Crippen LogP contribution is 1.92. The Morgan fingerprint density at radius 3 is 2.53 bits per heavy atom. The molecule has 0 unspecified atom stereocenters. The fourth-order valence-electron chi connectivity index (χ4n) is 1.01. The van der Waals surface area contributed by atoms with Gasteiger partial charge in [-0.05, 0) is 20.8 Å². The summed E-state index contributed by atoms with van der Waals surface area (Å²) in [6.45, 7) is 5.87. The number of ether oxygens (including phenoxy) is 2. The fourth-order valence-corrected chi connectivity index (χ4v) is 1.88. The molecule has 17 heavy (non-hydrogen) atoms. The summed E-state index contributed by atoms with van der Waals surface area (Å²) in [4.78, 5) is 11.0. The molecule has 102 valence electrons. The molecule has 0 bridgehead atoms. The second kappa shape index (κ2) is 8.43. The zero-order valence-electron chi connectivity index (χ0n) is 10.6. The number of carbonyl (C=O) groups excluding carboxylic acids is 1. The maximum Gasteiger partial charge on any atom is 0.307 e. The van der Waals surface area contributed by atoms with Crippen LogP contribution in [0.15, 0.2) is 0 Å². The van der Waals surface area contributed by atoms with Crippen LogP contribution in [0.3, 0.4) is 0 Å². The SMILES string of the molecule is CCOC(=O)CCNS(=O)(=O)CCOC(C)C. The summed E-state index contributed by atoms with van der Waals surface area (Å²) in [6, 6.07) is 0. The van der Waals surface area contributed by atoms with Crippen molar-refractivity contribution in [2.45, 2.75) is 33.3 Å². The highest BCUT2D eigenvalue weighted by molar-refractivity contribution is 7.89. The molecule has 6 nitrogen and oxygen atoms in total. The third kappa shape index (κ3) is 10.2. The quantitative estimate of drug-likeness (QED) is 0.607. The van der Waals surface area contributed by atoms with Crippen LogP contribution in [0.25, 0.3) is 0 Å². The van der Waals surface area contributed by atoms with Gasteiger partial charge in [-0.3, -0.25) is 4.79 Å². The number of rotatable bonds is 9. The van der Waals surface area contributed by atoms with E-state index in [9.17, 15) is 13.2 Å². The van der Waals surface area contributed by atoms with Gasteiger partial charge >= 0.3 is 5.97 Å². The Morgan fingerprint density at radius 1 is 1.35 bits per heavy atom. The van der Waals surface area contributed by atoms with Crippen LogP contribution in [0.2, 0.25) is 0 Å². The van der Waals surface area contributed by atoms with E-state index in [1.54, 1.807) is 6.92 Å². The predicted molar refractivity (Wildman–Crippen MR) is 64.1 cm³/mol. The second-order valence-electron chi connectivity index (χ2n) is 3.69. The standard InChI is InChI=1S/C10H21NO5S/c1-4-15-10(12)5-6-11-17(13,14)8-7-16-9(2)3/h9,11H,4-8H2,1-3H3. The van der Waals surface area contributed by atoms with Crippen LogP contribution in [-0.4, -0.2) is 46.0 Å². The first-order valence-electron chi connectivity index (χ1n) is 5.62. The molecule has 7 heteroatoms. The van der Waals surface area contributed by atoms with Crippen molar-refractivity contribution in [2.24, 2.45) is 0 Å². The van der Waals surface area contributed by atoms with Crippen LogP contribution in [0.1, 0.15) is 27.2 Å². The fraction of sp³-hybridized carbons (Fsp3) is 0.900. The van der Waals surface area contributed by atoms with Crippen molar-refractivity contribution in [3.63, 3.8) is 0 Å². The highest BCUT2D eigenvalue weighted by atomic mass is 32.2. The Labute approximate surface area is 103 Å². The summed E-state index contributed by atoms with van der Waals surface area (Å²) in [5.74, 6) is -0.512. The molecule has 0 amide bonds. The maximum absolute atomic E-state index is 11.4. The lowest BCUT2D eigenvalue weighted by Crippen LogP contribution is -2.31. The molecule has 0 aromatic rings. The number of esters is 1. The summed E-state index contributed by atoms with van der Waals surface area (Å²) in [5, 5.41) is 0.